The minimum absolute atomic E-state index is 0.0429. The summed E-state index contributed by atoms with van der Waals surface area (Å²) < 4.78 is 12.5. The van der Waals surface area contributed by atoms with Gasteiger partial charge in [0.1, 0.15) is 0 Å². The van der Waals surface area contributed by atoms with Gasteiger partial charge in [0.2, 0.25) is 0 Å². The van der Waals surface area contributed by atoms with Crippen LogP contribution in [0, 0.1) is 0 Å². The Hall–Kier alpha value is -0.740. The van der Waals surface area contributed by atoms with Crippen LogP contribution in [-0.4, -0.2) is 19.3 Å². The van der Waals surface area contributed by atoms with Crippen molar-refractivity contribution < 1.29 is 9.47 Å². The molecule has 1 aromatic rings. The number of hydrogen-bond acceptors (Lipinski definition) is 3. The third-order valence-electron chi connectivity index (χ3n) is 3.79. The molecule has 0 amide bonds. The van der Waals surface area contributed by atoms with Gasteiger partial charge < -0.3 is 15.2 Å². The Bertz CT molecular complexity index is 467. The van der Waals surface area contributed by atoms with E-state index in [2.05, 4.69) is 28.9 Å². The maximum absolute atomic E-state index is 6.19. The molecule has 1 aliphatic carbocycles. The van der Waals surface area contributed by atoms with Gasteiger partial charge in [-0.15, -0.1) is 0 Å². The summed E-state index contributed by atoms with van der Waals surface area (Å²) in [5.74, 6) is 1.61. The fraction of sp³-hybridized carbons (Fsp3) is 0.600. The highest BCUT2D eigenvalue weighted by atomic mass is 79.9. The first-order valence-corrected chi connectivity index (χ1v) is 7.50. The summed E-state index contributed by atoms with van der Waals surface area (Å²) in [4.78, 5) is 0. The highest BCUT2D eigenvalue weighted by Gasteiger charge is 2.50. The molecule has 0 bridgehead atoms. The van der Waals surface area contributed by atoms with E-state index in [1.807, 2.05) is 19.9 Å². The Balaban J connectivity index is 2.54. The molecule has 0 heterocycles. The average Bonchev–Trinajstić information content (AvgIpc) is 3.11. The molecule has 0 spiro atoms. The minimum Gasteiger partial charge on any atom is -0.493 e. The number of hydrogen-bond donors (Lipinski definition) is 1. The van der Waals surface area contributed by atoms with Crippen LogP contribution >= 0.6 is 15.9 Å². The minimum atomic E-state index is 0.0429. The zero-order chi connectivity index (χ0) is 14.2. The van der Waals surface area contributed by atoms with Crippen molar-refractivity contribution in [2.24, 2.45) is 5.73 Å². The van der Waals surface area contributed by atoms with Gasteiger partial charge >= 0.3 is 0 Å². The van der Waals surface area contributed by atoms with Gasteiger partial charge in [0.25, 0.3) is 0 Å². The van der Waals surface area contributed by atoms with E-state index in [0.29, 0.717) is 0 Å². The molecular weight excluding hydrogens is 306 g/mol. The van der Waals surface area contributed by atoms with Crippen LogP contribution < -0.4 is 15.2 Å². The number of rotatable bonds is 5. The van der Waals surface area contributed by atoms with Gasteiger partial charge in [-0.05, 0) is 45.7 Å². The van der Waals surface area contributed by atoms with Crippen LogP contribution in [0.15, 0.2) is 16.6 Å². The molecule has 2 N–H and O–H groups in total. The number of ether oxygens (including phenoxy) is 2. The molecule has 19 heavy (non-hydrogen) atoms. The van der Waals surface area contributed by atoms with Crippen molar-refractivity contribution >= 4 is 15.9 Å². The van der Waals surface area contributed by atoms with E-state index in [9.17, 15) is 0 Å². The zero-order valence-corrected chi connectivity index (χ0v) is 13.6. The Morgan fingerprint density at radius 3 is 2.32 bits per heavy atom. The molecule has 106 valence electrons. The summed E-state index contributed by atoms with van der Waals surface area (Å²) in [5.41, 5.74) is 7.41. The number of benzene rings is 1. The Kier molecular flexibility index (Phi) is 4.11. The highest BCUT2D eigenvalue weighted by molar-refractivity contribution is 9.10. The van der Waals surface area contributed by atoms with E-state index in [-0.39, 0.29) is 17.6 Å². The quantitative estimate of drug-likeness (QED) is 0.898. The summed E-state index contributed by atoms with van der Waals surface area (Å²) in [6.45, 7) is 6.12. The Labute approximate surface area is 123 Å². The molecule has 1 unspecified atom stereocenters. The van der Waals surface area contributed by atoms with Gasteiger partial charge in [0, 0.05) is 21.5 Å². The van der Waals surface area contributed by atoms with Gasteiger partial charge in [-0.1, -0.05) is 15.9 Å². The first-order chi connectivity index (χ1) is 8.90. The molecule has 3 nitrogen and oxygen atoms in total. The lowest BCUT2D eigenvalue weighted by molar-refractivity contribution is 0.225. The second kappa shape index (κ2) is 5.33. The lowest BCUT2D eigenvalue weighted by atomic mass is 9.88. The standard InChI is InChI=1S/C15H22BrNO2/c1-9(2)19-14-12(15(5-6-15)10(3)17)7-11(16)8-13(14)18-4/h7-10H,5-6,17H2,1-4H3. The Morgan fingerprint density at radius 2 is 1.89 bits per heavy atom. The van der Waals surface area contributed by atoms with Crippen LogP contribution in [0.3, 0.4) is 0 Å². The molecule has 4 heteroatoms. The SMILES string of the molecule is COc1cc(Br)cc(C2(C(C)N)CC2)c1OC(C)C. The first-order valence-electron chi connectivity index (χ1n) is 6.71. The molecule has 0 radical (unpaired) electrons. The maximum Gasteiger partial charge on any atom is 0.165 e. The number of methoxy groups -OCH3 is 1. The summed E-state index contributed by atoms with van der Waals surface area (Å²) in [5, 5.41) is 0. The first kappa shape index (κ1) is 14.7. The smallest absolute Gasteiger partial charge is 0.165 e. The van der Waals surface area contributed by atoms with Crippen molar-refractivity contribution in [3.63, 3.8) is 0 Å². The maximum atomic E-state index is 6.19. The van der Waals surface area contributed by atoms with E-state index < -0.39 is 0 Å². The molecule has 1 aromatic carbocycles. The van der Waals surface area contributed by atoms with Gasteiger partial charge in [-0.3, -0.25) is 0 Å². The predicted octanol–water partition coefficient (Wildman–Crippen LogP) is 3.62. The highest BCUT2D eigenvalue weighted by Crippen LogP contribution is 2.55. The van der Waals surface area contributed by atoms with E-state index in [0.717, 1.165) is 28.8 Å². The van der Waals surface area contributed by atoms with Gasteiger partial charge in [0.05, 0.1) is 13.2 Å². The fourth-order valence-electron chi connectivity index (χ4n) is 2.55. The molecule has 2 rings (SSSR count). The van der Waals surface area contributed by atoms with Gasteiger partial charge in [0.15, 0.2) is 11.5 Å². The van der Waals surface area contributed by atoms with Crippen molar-refractivity contribution in [2.75, 3.05) is 7.11 Å². The molecule has 1 fully saturated rings. The van der Waals surface area contributed by atoms with Gasteiger partial charge in [-0.2, -0.15) is 0 Å². The Morgan fingerprint density at radius 1 is 1.26 bits per heavy atom. The van der Waals surface area contributed by atoms with Crippen molar-refractivity contribution in [1.29, 1.82) is 0 Å². The second-order valence-electron chi connectivity index (χ2n) is 5.60. The number of nitrogens with two attached hydrogens (primary N) is 1. The molecule has 0 aromatic heterocycles. The van der Waals surface area contributed by atoms with E-state index in [4.69, 9.17) is 15.2 Å². The van der Waals surface area contributed by atoms with E-state index in [1.54, 1.807) is 7.11 Å². The summed E-state index contributed by atoms with van der Waals surface area (Å²) in [6, 6.07) is 4.18. The predicted molar refractivity (Wildman–Crippen MR) is 81.0 cm³/mol. The largest absolute Gasteiger partial charge is 0.493 e. The van der Waals surface area contributed by atoms with E-state index >= 15 is 0 Å². The molecule has 1 saturated carbocycles. The molecule has 0 aliphatic heterocycles. The molecule has 1 aliphatic rings. The fourth-order valence-corrected chi connectivity index (χ4v) is 2.99. The third kappa shape index (κ3) is 2.75. The van der Waals surface area contributed by atoms with Crippen molar-refractivity contribution in [1.82, 2.24) is 0 Å². The summed E-state index contributed by atoms with van der Waals surface area (Å²) in [7, 11) is 1.67. The van der Waals surface area contributed by atoms with Crippen LogP contribution in [0.4, 0.5) is 0 Å². The zero-order valence-electron chi connectivity index (χ0n) is 12.0. The van der Waals surface area contributed by atoms with Crippen molar-refractivity contribution in [2.45, 2.75) is 51.2 Å². The summed E-state index contributed by atoms with van der Waals surface area (Å²) in [6.07, 6.45) is 2.33. The van der Waals surface area contributed by atoms with Crippen LogP contribution in [0.2, 0.25) is 0 Å². The van der Waals surface area contributed by atoms with Crippen molar-refractivity contribution in [3.05, 3.63) is 22.2 Å². The lowest BCUT2D eigenvalue weighted by Gasteiger charge is -2.26. The number of halogens is 1. The third-order valence-corrected chi connectivity index (χ3v) is 4.25. The summed E-state index contributed by atoms with van der Waals surface area (Å²) >= 11 is 3.55. The monoisotopic (exact) mass is 327 g/mol. The van der Waals surface area contributed by atoms with Gasteiger partial charge in [-0.25, -0.2) is 0 Å². The molecule has 0 saturated heterocycles. The average molecular weight is 328 g/mol. The topological polar surface area (TPSA) is 44.5 Å². The van der Waals surface area contributed by atoms with Crippen LogP contribution in [0.1, 0.15) is 39.2 Å². The normalized spacial score (nSPS) is 18.3. The van der Waals surface area contributed by atoms with Crippen LogP contribution in [0.5, 0.6) is 11.5 Å². The molecule has 1 atom stereocenters. The lowest BCUT2D eigenvalue weighted by Crippen LogP contribution is -2.32. The second-order valence-corrected chi connectivity index (χ2v) is 6.51. The van der Waals surface area contributed by atoms with Crippen LogP contribution in [0.25, 0.3) is 0 Å². The van der Waals surface area contributed by atoms with E-state index in [1.165, 1.54) is 5.56 Å². The van der Waals surface area contributed by atoms with Crippen molar-refractivity contribution in [3.8, 4) is 11.5 Å². The molecular formula is C15H22BrNO2. The van der Waals surface area contributed by atoms with Crippen LogP contribution in [-0.2, 0) is 5.41 Å².